The summed E-state index contributed by atoms with van der Waals surface area (Å²) in [5, 5.41) is 17.0. The summed E-state index contributed by atoms with van der Waals surface area (Å²) < 4.78 is 8.17. The monoisotopic (exact) mass is 178 g/mol. The second kappa shape index (κ2) is 5.50. The van der Waals surface area contributed by atoms with Gasteiger partial charge >= 0.3 is 12.1 Å². The van der Waals surface area contributed by atoms with E-state index in [1.54, 1.807) is 0 Å². The van der Waals surface area contributed by atoms with Crippen LogP contribution in [-0.2, 0) is 14.3 Å². The molecule has 0 saturated heterocycles. The highest BCUT2D eigenvalue weighted by molar-refractivity contribution is 5.79. The topological polar surface area (TPSA) is 93.1 Å². The van der Waals surface area contributed by atoms with Crippen LogP contribution in [0.3, 0.4) is 0 Å². The van der Waals surface area contributed by atoms with Gasteiger partial charge in [0, 0.05) is 6.92 Å². The lowest BCUT2D eigenvalue weighted by atomic mass is 10.4. The van der Waals surface area contributed by atoms with Crippen LogP contribution < -0.4 is 0 Å². The average molecular weight is 178 g/mol. The molecular weight excluding hydrogens is 168 g/mol. The molecule has 0 aliphatic heterocycles. The van der Waals surface area contributed by atoms with E-state index in [1.807, 2.05) is 0 Å². The lowest BCUT2D eigenvalue weighted by molar-refractivity contribution is -0.137. The standard InChI is InChI=1S/C6H10O6/c1-4(8)12-6(10)11-3-5(9)2-7/h5,7,9H,2-3H2,1H3. The Bertz CT molecular complexity index is 165. The highest BCUT2D eigenvalue weighted by Gasteiger charge is 2.10. The zero-order chi connectivity index (χ0) is 9.56. The summed E-state index contributed by atoms with van der Waals surface area (Å²) in [5.41, 5.74) is 0. The quantitative estimate of drug-likeness (QED) is 0.427. The van der Waals surface area contributed by atoms with Crippen LogP contribution in [-0.4, -0.2) is 41.7 Å². The molecule has 0 amide bonds. The van der Waals surface area contributed by atoms with Crippen LogP contribution in [0.5, 0.6) is 0 Å². The molecule has 0 aromatic rings. The Morgan fingerprint density at radius 2 is 2.08 bits per heavy atom. The van der Waals surface area contributed by atoms with E-state index in [2.05, 4.69) is 9.47 Å². The maximum Gasteiger partial charge on any atom is 0.516 e. The predicted octanol–water partition coefficient (Wildman–Crippen LogP) is -0.961. The molecule has 2 N–H and O–H groups in total. The third-order valence-electron chi connectivity index (χ3n) is 0.831. The third-order valence-corrected chi connectivity index (χ3v) is 0.831. The van der Waals surface area contributed by atoms with E-state index in [0.717, 1.165) is 6.92 Å². The number of ether oxygens (including phenoxy) is 2. The second-order valence-corrected chi connectivity index (χ2v) is 1.99. The van der Waals surface area contributed by atoms with Crippen molar-refractivity contribution in [3.8, 4) is 0 Å². The van der Waals surface area contributed by atoms with Gasteiger partial charge in [0.05, 0.1) is 6.61 Å². The lowest BCUT2D eigenvalue weighted by Gasteiger charge is -2.06. The molecule has 0 radical (unpaired) electrons. The summed E-state index contributed by atoms with van der Waals surface area (Å²) in [6.07, 6.45) is -2.33. The highest BCUT2D eigenvalue weighted by Crippen LogP contribution is 1.89. The van der Waals surface area contributed by atoms with Crippen LogP contribution >= 0.6 is 0 Å². The molecule has 70 valence electrons. The number of aliphatic hydroxyl groups is 2. The van der Waals surface area contributed by atoms with Gasteiger partial charge in [0.15, 0.2) is 0 Å². The second-order valence-electron chi connectivity index (χ2n) is 1.99. The van der Waals surface area contributed by atoms with Gasteiger partial charge in [-0.2, -0.15) is 0 Å². The number of esters is 1. The summed E-state index contributed by atoms with van der Waals surface area (Å²) in [5.74, 6) is -0.793. The number of hydrogen-bond donors (Lipinski definition) is 2. The first-order chi connectivity index (χ1) is 5.56. The van der Waals surface area contributed by atoms with Crippen molar-refractivity contribution in [2.75, 3.05) is 13.2 Å². The summed E-state index contributed by atoms with van der Waals surface area (Å²) in [7, 11) is 0. The molecule has 0 aliphatic carbocycles. The van der Waals surface area contributed by atoms with E-state index in [4.69, 9.17) is 10.2 Å². The predicted molar refractivity (Wildman–Crippen MR) is 36.2 cm³/mol. The van der Waals surface area contributed by atoms with E-state index in [1.165, 1.54) is 0 Å². The van der Waals surface area contributed by atoms with E-state index < -0.39 is 31.4 Å². The minimum Gasteiger partial charge on any atom is -0.431 e. The molecule has 0 fully saturated rings. The van der Waals surface area contributed by atoms with E-state index in [-0.39, 0.29) is 0 Å². The number of hydrogen-bond acceptors (Lipinski definition) is 6. The first-order valence-corrected chi connectivity index (χ1v) is 3.20. The largest absolute Gasteiger partial charge is 0.516 e. The summed E-state index contributed by atoms with van der Waals surface area (Å²) in [6, 6.07) is 0. The zero-order valence-electron chi connectivity index (χ0n) is 6.52. The molecule has 6 heteroatoms. The molecule has 0 aliphatic rings. The summed E-state index contributed by atoms with van der Waals surface area (Å²) in [6.45, 7) is 0.125. The number of carbonyl (C=O) groups is 2. The molecule has 1 atom stereocenters. The van der Waals surface area contributed by atoms with Crippen molar-refractivity contribution in [3.63, 3.8) is 0 Å². The Morgan fingerprint density at radius 1 is 1.50 bits per heavy atom. The fourth-order valence-electron chi connectivity index (χ4n) is 0.364. The molecule has 12 heavy (non-hydrogen) atoms. The van der Waals surface area contributed by atoms with Crippen LogP contribution in [0.15, 0.2) is 0 Å². The van der Waals surface area contributed by atoms with Crippen molar-refractivity contribution in [2.24, 2.45) is 0 Å². The first-order valence-electron chi connectivity index (χ1n) is 3.20. The Balaban J connectivity index is 3.50. The van der Waals surface area contributed by atoms with Crippen molar-refractivity contribution in [1.82, 2.24) is 0 Å². The van der Waals surface area contributed by atoms with Crippen LogP contribution in [0.25, 0.3) is 0 Å². The van der Waals surface area contributed by atoms with Crippen molar-refractivity contribution in [1.29, 1.82) is 0 Å². The third kappa shape index (κ3) is 5.63. The Hall–Kier alpha value is -1.14. The Labute approximate surface area is 68.7 Å². The SMILES string of the molecule is CC(=O)OC(=O)OCC(O)CO. The van der Waals surface area contributed by atoms with Gasteiger partial charge in [-0.05, 0) is 0 Å². The van der Waals surface area contributed by atoms with E-state index >= 15 is 0 Å². The van der Waals surface area contributed by atoms with Gasteiger partial charge in [0.2, 0.25) is 0 Å². The molecule has 0 saturated carbocycles. The number of rotatable bonds is 3. The minimum atomic E-state index is -1.19. The smallest absolute Gasteiger partial charge is 0.431 e. The van der Waals surface area contributed by atoms with Crippen molar-refractivity contribution < 1.29 is 29.3 Å². The molecule has 1 unspecified atom stereocenters. The van der Waals surface area contributed by atoms with Gasteiger partial charge in [0.1, 0.15) is 12.7 Å². The van der Waals surface area contributed by atoms with Gasteiger partial charge in [0.25, 0.3) is 0 Å². The first kappa shape index (κ1) is 10.9. The van der Waals surface area contributed by atoms with Crippen molar-refractivity contribution in [3.05, 3.63) is 0 Å². The molecule has 0 aromatic carbocycles. The molecule has 0 rings (SSSR count). The normalized spacial score (nSPS) is 11.9. The van der Waals surface area contributed by atoms with E-state index in [9.17, 15) is 9.59 Å². The van der Waals surface area contributed by atoms with Gasteiger partial charge in [-0.1, -0.05) is 0 Å². The lowest BCUT2D eigenvalue weighted by Crippen LogP contribution is -2.23. The van der Waals surface area contributed by atoms with Crippen molar-refractivity contribution in [2.45, 2.75) is 13.0 Å². The Kier molecular flexibility index (Phi) is 4.98. The summed E-state index contributed by atoms with van der Waals surface area (Å²) >= 11 is 0. The number of carbonyl (C=O) groups excluding carboxylic acids is 2. The maximum absolute atomic E-state index is 10.4. The van der Waals surface area contributed by atoms with Gasteiger partial charge in [-0.3, -0.25) is 4.79 Å². The van der Waals surface area contributed by atoms with E-state index in [0.29, 0.717) is 0 Å². The van der Waals surface area contributed by atoms with Crippen LogP contribution in [0.4, 0.5) is 4.79 Å². The minimum absolute atomic E-state index is 0.400. The summed E-state index contributed by atoms with van der Waals surface area (Å²) in [4.78, 5) is 20.5. The van der Waals surface area contributed by atoms with Crippen LogP contribution in [0, 0.1) is 0 Å². The maximum atomic E-state index is 10.4. The highest BCUT2D eigenvalue weighted by atomic mass is 16.7. The molecule has 0 spiro atoms. The van der Waals surface area contributed by atoms with Crippen LogP contribution in [0.2, 0.25) is 0 Å². The molecular formula is C6H10O6. The molecule has 6 nitrogen and oxygen atoms in total. The van der Waals surface area contributed by atoms with Crippen molar-refractivity contribution >= 4 is 12.1 Å². The molecule has 0 bridgehead atoms. The fourth-order valence-corrected chi connectivity index (χ4v) is 0.364. The zero-order valence-corrected chi connectivity index (χ0v) is 6.52. The number of aliphatic hydroxyl groups excluding tert-OH is 2. The average Bonchev–Trinajstić information content (AvgIpc) is 1.99. The van der Waals surface area contributed by atoms with Gasteiger partial charge < -0.3 is 19.7 Å². The van der Waals surface area contributed by atoms with Crippen LogP contribution in [0.1, 0.15) is 6.92 Å². The Morgan fingerprint density at radius 3 is 2.50 bits per heavy atom. The van der Waals surface area contributed by atoms with Gasteiger partial charge in [-0.15, -0.1) is 0 Å². The molecule has 0 heterocycles. The molecule has 0 aromatic heterocycles. The fraction of sp³-hybridized carbons (Fsp3) is 0.667. The van der Waals surface area contributed by atoms with Gasteiger partial charge in [-0.25, -0.2) is 4.79 Å².